The highest BCUT2D eigenvalue weighted by Gasteiger charge is 2.10. The van der Waals surface area contributed by atoms with E-state index in [1.165, 1.54) is 5.46 Å². The Balaban J connectivity index is 2.26. The minimum absolute atomic E-state index is 0.284. The van der Waals surface area contributed by atoms with Crippen molar-refractivity contribution in [1.82, 2.24) is 0 Å². The van der Waals surface area contributed by atoms with Gasteiger partial charge in [0.2, 0.25) is 0 Å². The van der Waals surface area contributed by atoms with E-state index in [9.17, 15) is 5.11 Å². The van der Waals surface area contributed by atoms with Crippen molar-refractivity contribution < 1.29 is 9.84 Å². The topological polar surface area (TPSA) is 29.5 Å². The van der Waals surface area contributed by atoms with Gasteiger partial charge in [0, 0.05) is 0 Å². The molecule has 0 unspecified atom stereocenters. The maximum atomic E-state index is 10.1. The van der Waals surface area contributed by atoms with Crippen LogP contribution < -0.4 is 10.2 Å². The van der Waals surface area contributed by atoms with Gasteiger partial charge in [-0.15, -0.1) is 0 Å². The molecule has 0 aromatic heterocycles. The van der Waals surface area contributed by atoms with Gasteiger partial charge < -0.3 is 9.84 Å². The van der Waals surface area contributed by atoms with E-state index in [4.69, 9.17) is 4.74 Å². The quantitative estimate of drug-likeness (QED) is 0.746. The molecule has 0 fully saturated rings. The molecular formula is C19H19BO2. The molecule has 1 N–H and O–H groups in total. The Kier molecular flexibility index (Phi) is 3.80. The molecule has 3 aromatic rings. The Morgan fingerprint density at radius 3 is 2.36 bits per heavy atom. The minimum atomic E-state index is 0.284. The van der Waals surface area contributed by atoms with Crippen molar-refractivity contribution >= 4 is 23.5 Å². The Morgan fingerprint density at radius 2 is 1.73 bits per heavy atom. The lowest BCUT2D eigenvalue weighted by atomic mass is 9.73. The van der Waals surface area contributed by atoms with E-state index in [1.54, 1.807) is 13.2 Å². The van der Waals surface area contributed by atoms with Crippen molar-refractivity contribution in [3.8, 4) is 22.6 Å². The molecular weight excluding hydrogens is 271 g/mol. The van der Waals surface area contributed by atoms with Gasteiger partial charge in [-0.1, -0.05) is 36.6 Å². The molecule has 0 aliphatic heterocycles. The van der Waals surface area contributed by atoms with Gasteiger partial charge in [-0.3, -0.25) is 0 Å². The SMILES string of the molecule is CBc1ccc(-c2cc(O)cc3cc(C)c(OC)cc23)cc1. The van der Waals surface area contributed by atoms with Gasteiger partial charge in [0.25, 0.3) is 0 Å². The molecule has 0 aliphatic rings. The van der Waals surface area contributed by atoms with Crippen molar-refractivity contribution in [3.05, 3.63) is 54.1 Å². The van der Waals surface area contributed by atoms with Crippen LogP contribution in [0.25, 0.3) is 21.9 Å². The summed E-state index contributed by atoms with van der Waals surface area (Å²) in [7, 11) is 2.71. The first-order valence-corrected chi connectivity index (χ1v) is 7.53. The van der Waals surface area contributed by atoms with Crippen LogP contribution in [0.4, 0.5) is 0 Å². The van der Waals surface area contributed by atoms with Crippen LogP contribution in [0.2, 0.25) is 6.82 Å². The van der Waals surface area contributed by atoms with E-state index in [2.05, 4.69) is 37.2 Å². The average Bonchev–Trinajstić information content (AvgIpc) is 2.53. The number of aromatic hydroxyl groups is 1. The molecule has 3 rings (SSSR count). The fourth-order valence-electron chi connectivity index (χ4n) is 2.87. The number of fused-ring (bicyclic) bond motifs is 1. The maximum absolute atomic E-state index is 10.1. The fourth-order valence-corrected chi connectivity index (χ4v) is 2.87. The Morgan fingerprint density at radius 1 is 1.00 bits per heavy atom. The zero-order valence-electron chi connectivity index (χ0n) is 13.2. The van der Waals surface area contributed by atoms with Gasteiger partial charge in [0.1, 0.15) is 11.5 Å². The molecule has 0 heterocycles. The summed E-state index contributed by atoms with van der Waals surface area (Å²) in [5, 5.41) is 12.2. The first-order valence-electron chi connectivity index (χ1n) is 7.53. The number of ether oxygens (including phenoxy) is 1. The number of phenolic OH excluding ortho intramolecular Hbond substituents is 1. The van der Waals surface area contributed by atoms with Crippen LogP contribution in [-0.4, -0.2) is 19.5 Å². The van der Waals surface area contributed by atoms with E-state index in [0.29, 0.717) is 0 Å². The summed E-state index contributed by atoms with van der Waals surface area (Å²) in [6.45, 7) is 4.16. The highest BCUT2D eigenvalue weighted by Crippen LogP contribution is 2.36. The number of aryl methyl sites for hydroxylation is 1. The second kappa shape index (κ2) is 5.76. The average molecular weight is 290 g/mol. The van der Waals surface area contributed by atoms with Gasteiger partial charge in [0.15, 0.2) is 7.28 Å². The van der Waals surface area contributed by atoms with Crippen LogP contribution in [0.1, 0.15) is 5.56 Å². The van der Waals surface area contributed by atoms with Crippen LogP contribution in [0.5, 0.6) is 11.5 Å². The predicted octanol–water partition coefficient (Wildman–Crippen LogP) is 3.64. The molecule has 0 spiro atoms. The number of benzene rings is 3. The number of hydrogen-bond acceptors (Lipinski definition) is 2. The van der Waals surface area contributed by atoms with E-state index in [0.717, 1.165) is 40.5 Å². The molecule has 2 nitrogen and oxygen atoms in total. The number of phenols is 1. The van der Waals surface area contributed by atoms with Crippen LogP contribution in [0, 0.1) is 6.92 Å². The normalized spacial score (nSPS) is 10.7. The molecule has 0 aliphatic carbocycles. The Labute approximate surface area is 131 Å². The van der Waals surface area contributed by atoms with E-state index >= 15 is 0 Å². The van der Waals surface area contributed by atoms with Gasteiger partial charge >= 0.3 is 0 Å². The van der Waals surface area contributed by atoms with Crippen molar-refractivity contribution in [1.29, 1.82) is 0 Å². The zero-order valence-corrected chi connectivity index (χ0v) is 13.2. The predicted molar refractivity (Wildman–Crippen MR) is 95.0 cm³/mol. The number of methoxy groups -OCH3 is 1. The molecule has 0 amide bonds. The Hall–Kier alpha value is -2.42. The molecule has 3 heteroatoms. The van der Waals surface area contributed by atoms with Gasteiger partial charge in [0.05, 0.1) is 7.11 Å². The molecule has 3 aromatic carbocycles. The largest absolute Gasteiger partial charge is 0.508 e. The molecule has 0 saturated carbocycles. The molecule has 0 bridgehead atoms. The fraction of sp³-hybridized carbons (Fsp3) is 0.158. The second-order valence-corrected chi connectivity index (χ2v) is 5.59. The van der Waals surface area contributed by atoms with Gasteiger partial charge in [-0.2, -0.15) is 0 Å². The maximum Gasteiger partial charge on any atom is 0.154 e. The summed E-state index contributed by atoms with van der Waals surface area (Å²) in [5.41, 5.74) is 4.49. The molecule has 22 heavy (non-hydrogen) atoms. The summed E-state index contributed by atoms with van der Waals surface area (Å²) >= 11 is 0. The lowest BCUT2D eigenvalue weighted by Crippen LogP contribution is -2.08. The van der Waals surface area contributed by atoms with Crippen molar-refractivity contribution in [2.75, 3.05) is 7.11 Å². The highest BCUT2D eigenvalue weighted by atomic mass is 16.5. The van der Waals surface area contributed by atoms with E-state index < -0.39 is 0 Å². The summed E-state index contributed by atoms with van der Waals surface area (Å²) < 4.78 is 5.45. The second-order valence-electron chi connectivity index (χ2n) is 5.59. The number of hydrogen-bond donors (Lipinski definition) is 1. The van der Waals surface area contributed by atoms with Crippen molar-refractivity contribution in [2.45, 2.75) is 13.7 Å². The lowest BCUT2D eigenvalue weighted by molar-refractivity contribution is 0.412. The number of rotatable bonds is 3. The van der Waals surface area contributed by atoms with Crippen LogP contribution in [0.15, 0.2) is 48.5 Å². The summed E-state index contributed by atoms with van der Waals surface area (Å²) in [5.74, 6) is 1.15. The monoisotopic (exact) mass is 290 g/mol. The standard InChI is InChI=1S/C19H19BO2/c1-12-8-14-9-16(21)10-17(18(14)11-19(12)22-3)13-4-6-15(20-2)7-5-13/h4-11,20-21H,1-3H3. The Bertz CT molecular complexity index is 823. The minimum Gasteiger partial charge on any atom is -0.508 e. The van der Waals surface area contributed by atoms with Crippen molar-refractivity contribution in [2.24, 2.45) is 0 Å². The van der Waals surface area contributed by atoms with Crippen molar-refractivity contribution in [3.63, 3.8) is 0 Å². The van der Waals surface area contributed by atoms with E-state index in [-0.39, 0.29) is 5.75 Å². The summed E-state index contributed by atoms with van der Waals surface area (Å²) in [6, 6.07) is 16.2. The zero-order chi connectivity index (χ0) is 15.7. The first kappa shape index (κ1) is 14.5. The lowest BCUT2D eigenvalue weighted by Gasteiger charge is -2.12. The smallest absolute Gasteiger partial charge is 0.154 e. The first-order chi connectivity index (χ1) is 10.6. The summed E-state index contributed by atoms with van der Waals surface area (Å²) in [4.78, 5) is 0. The van der Waals surface area contributed by atoms with Crippen LogP contribution in [-0.2, 0) is 0 Å². The van der Waals surface area contributed by atoms with E-state index in [1.807, 2.05) is 19.1 Å². The van der Waals surface area contributed by atoms with Gasteiger partial charge in [-0.25, -0.2) is 0 Å². The third kappa shape index (κ3) is 2.55. The third-order valence-corrected chi connectivity index (χ3v) is 4.13. The third-order valence-electron chi connectivity index (χ3n) is 4.13. The highest BCUT2D eigenvalue weighted by molar-refractivity contribution is 6.51. The molecule has 0 atom stereocenters. The van der Waals surface area contributed by atoms with Crippen LogP contribution >= 0.6 is 0 Å². The van der Waals surface area contributed by atoms with Gasteiger partial charge in [-0.05, 0) is 58.7 Å². The molecule has 0 saturated heterocycles. The molecule has 0 radical (unpaired) electrons. The van der Waals surface area contributed by atoms with Crippen LogP contribution in [0.3, 0.4) is 0 Å². The summed E-state index contributed by atoms with van der Waals surface area (Å²) in [6.07, 6.45) is 0. The molecule has 110 valence electrons.